The standard InChI is InChI=1S/C7H14N4/c1-11-6-2-3-7(11)4-5-9-10-8/h7H,2-6H2,1H3. The molecule has 1 heterocycles. The van der Waals surface area contributed by atoms with Crippen LogP contribution in [0.5, 0.6) is 0 Å². The van der Waals surface area contributed by atoms with Gasteiger partial charge in [-0.05, 0) is 38.4 Å². The molecule has 62 valence electrons. The Bertz CT molecular complexity index is 162. The summed E-state index contributed by atoms with van der Waals surface area (Å²) in [6, 6.07) is 0.653. The summed E-state index contributed by atoms with van der Waals surface area (Å²) in [6.07, 6.45) is 3.56. The predicted molar refractivity (Wildman–Crippen MR) is 44.3 cm³/mol. The van der Waals surface area contributed by atoms with E-state index in [4.69, 9.17) is 5.53 Å². The third-order valence-electron chi connectivity index (χ3n) is 2.30. The SMILES string of the molecule is CN1CCCC1CCN=[N+]=[N-]. The van der Waals surface area contributed by atoms with Gasteiger partial charge in [-0.25, -0.2) is 0 Å². The van der Waals surface area contributed by atoms with Crippen molar-refractivity contribution < 1.29 is 0 Å². The Morgan fingerprint density at radius 2 is 2.55 bits per heavy atom. The maximum Gasteiger partial charge on any atom is 0.0272 e. The van der Waals surface area contributed by atoms with Gasteiger partial charge in [-0.15, -0.1) is 0 Å². The zero-order valence-electron chi connectivity index (χ0n) is 6.90. The van der Waals surface area contributed by atoms with Crippen molar-refractivity contribution >= 4 is 0 Å². The molecule has 4 heteroatoms. The summed E-state index contributed by atoms with van der Waals surface area (Å²) >= 11 is 0. The lowest BCUT2D eigenvalue weighted by molar-refractivity contribution is 0.299. The number of rotatable bonds is 3. The second-order valence-electron chi connectivity index (χ2n) is 3.02. The number of nitrogens with zero attached hydrogens (tertiary/aromatic N) is 4. The van der Waals surface area contributed by atoms with Crippen molar-refractivity contribution in [3.05, 3.63) is 10.4 Å². The van der Waals surface area contributed by atoms with Crippen LogP contribution in [0.1, 0.15) is 19.3 Å². The fourth-order valence-corrected chi connectivity index (χ4v) is 1.60. The average Bonchev–Trinajstić information content (AvgIpc) is 2.37. The Hall–Kier alpha value is -0.730. The van der Waals surface area contributed by atoms with Crippen molar-refractivity contribution in [1.29, 1.82) is 0 Å². The summed E-state index contributed by atoms with van der Waals surface area (Å²) in [6.45, 7) is 1.84. The molecule has 0 aromatic heterocycles. The van der Waals surface area contributed by atoms with Gasteiger partial charge >= 0.3 is 0 Å². The van der Waals surface area contributed by atoms with Crippen LogP contribution in [0.2, 0.25) is 0 Å². The first-order valence-electron chi connectivity index (χ1n) is 4.05. The summed E-state index contributed by atoms with van der Waals surface area (Å²) in [4.78, 5) is 5.07. The average molecular weight is 154 g/mol. The molecule has 0 aromatic carbocycles. The lowest BCUT2D eigenvalue weighted by Gasteiger charge is -2.17. The van der Waals surface area contributed by atoms with Gasteiger partial charge in [-0.1, -0.05) is 5.11 Å². The third kappa shape index (κ3) is 2.41. The van der Waals surface area contributed by atoms with Gasteiger partial charge < -0.3 is 4.90 Å². The highest BCUT2D eigenvalue weighted by Gasteiger charge is 2.19. The summed E-state index contributed by atoms with van der Waals surface area (Å²) in [7, 11) is 2.13. The second kappa shape index (κ2) is 4.21. The minimum Gasteiger partial charge on any atom is -0.303 e. The zero-order valence-corrected chi connectivity index (χ0v) is 6.90. The van der Waals surface area contributed by atoms with Crippen molar-refractivity contribution in [2.24, 2.45) is 5.11 Å². The third-order valence-corrected chi connectivity index (χ3v) is 2.30. The van der Waals surface area contributed by atoms with E-state index in [0.717, 1.165) is 6.42 Å². The number of hydrogen-bond donors (Lipinski definition) is 0. The maximum absolute atomic E-state index is 8.05. The quantitative estimate of drug-likeness (QED) is 0.347. The van der Waals surface area contributed by atoms with E-state index in [1.807, 2.05) is 0 Å². The Kier molecular flexibility index (Phi) is 3.20. The highest BCUT2D eigenvalue weighted by Crippen LogP contribution is 2.17. The highest BCUT2D eigenvalue weighted by atomic mass is 15.2. The summed E-state index contributed by atoms with van der Waals surface area (Å²) in [5.74, 6) is 0. The monoisotopic (exact) mass is 154 g/mol. The molecule has 1 unspecified atom stereocenters. The molecule has 4 nitrogen and oxygen atoms in total. The molecule has 1 fully saturated rings. The van der Waals surface area contributed by atoms with Crippen LogP contribution in [-0.4, -0.2) is 31.1 Å². The molecule has 0 spiro atoms. The number of azide groups is 1. The van der Waals surface area contributed by atoms with Crippen molar-refractivity contribution in [1.82, 2.24) is 4.90 Å². The van der Waals surface area contributed by atoms with Crippen LogP contribution in [0, 0.1) is 0 Å². The van der Waals surface area contributed by atoms with E-state index in [1.54, 1.807) is 0 Å². The molecule has 1 atom stereocenters. The van der Waals surface area contributed by atoms with Gasteiger partial charge in [0.25, 0.3) is 0 Å². The molecule has 0 radical (unpaired) electrons. The van der Waals surface area contributed by atoms with Crippen LogP contribution in [0.25, 0.3) is 10.4 Å². The molecular formula is C7H14N4. The Balaban J connectivity index is 2.20. The van der Waals surface area contributed by atoms with Crippen molar-refractivity contribution in [3.63, 3.8) is 0 Å². The molecule has 1 aliphatic heterocycles. The number of likely N-dealkylation sites (tertiary alicyclic amines) is 1. The molecule has 0 amide bonds. The summed E-state index contributed by atoms with van der Waals surface area (Å²) < 4.78 is 0. The lowest BCUT2D eigenvalue weighted by Crippen LogP contribution is -2.25. The van der Waals surface area contributed by atoms with Gasteiger partial charge in [0, 0.05) is 17.5 Å². The number of hydrogen-bond acceptors (Lipinski definition) is 2. The second-order valence-corrected chi connectivity index (χ2v) is 3.02. The van der Waals surface area contributed by atoms with E-state index >= 15 is 0 Å². The first kappa shape index (κ1) is 8.37. The fraction of sp³-hybridized carbons (Fsp3) is 1.00. The van der Waals surface area contributed by atoms with Gasteiger partial charge in [0.2, 0.25) is 0 Å². The van der Waals surface area contributed by atoms with Crippen LogP contribution >= 0.6 is 0 Å². The lowest BCUT2D eigenvalue weighted by atomic mass is 10.1. The van der Waals surface area contributed by atoms with E-state index in [9.17, 15) is 0 Å². The smallest absolute Gasteiger partial charge is 0.0272 e. The van der Waals surface area contributed by atoms with Crippen LogP contribution in [0.3, 0.4) is 0 Å². The first-order valence-corrected chi connectivity index (χ1v) is 4.05. The molecule has 0 aromatic rings. The van der Waals surface area contributed by atoms with E-state index in [1.165, 1.54) is 19.4 Å². The zero-order chi connectivity index (χ0) is 8.10. The van der Waals surface area contributed by atoms with Crippen LogP contribution in [0.15, 0.2) is 5.11 Å². The predicted octanol–water partition coefficient (Wildman–Crippen LogP) is 1.78. The van der Waals surface area contributed by atoms with Crippen LogP contribution in [-0.2, 0) is 0 Å². The Morgan fingerprint density at radius 3 is 3.09 bits per heavy atom. The molecule has 0 aliphatic carbocycles. The van der Waals surface area contributed by atoms with E-state index in [-0.39, 0.29) is 0 Å². The molecule has 1 aliphatic rings. The van der Waals surface area contributed by atoms with E-state index in [0.29, 0.717) is 12.6 Å². The minimum absolute atomic E-state index is 0.644. The van der Waals surface area contributed by atoms with Gasteiger partial charge in [0.15, 0.2) is 0 Å². The molecule has 0 saturated carbocycles. The molecule has 1 rings (SSSR count). The molecule has 1 saturated heterocycles. The first-order chi connectivity index (χ1) is 5.34. The van der Waals surface area contributed by atoms with Crippen LogP contribution in [0.4, 0.5) is 0 Å². The van der Waals surface area contributed by atoms with Gasteiger partial charge in [0.05, 0.1) is 0 Å². The molecule has 11 heavy (non-hydrogen) atoms. The Morgan fingerprint density at radius 1 is 1.73 bits per heavy atom. The van der Waals surface area contributed by atoms with Gasteiger partial charge in [-0.2, -0.15) is 0 Å². The van der Waals surface area contributed by atoms with Crippen molar-refractivity contribution in [2.45, 2.75) is 25.3 Å². The van der Waals surface area contributed by atoms with Gasteiger partial charge in [0.1, 0.15) is 0 Å². The summed E-state index contributed by atoms with van der Waals surface area (Å²) in [5, 5.41) is 3.52. The van der Waals surface area contributed by atoms with Crippen LogP contribution < -0.4 is 0 Å². The summed E-state index contributed by atoms with van der Waals surface area (Å²) in [5.41, 5.74) is 8.05. The molecular weight excluding hydrogens is 140 g/mol. The Labute approximate surface area is 66.8 Å². The topological polar surface area (TPSA) is 52.0 Å². The highest BCUT2D eigenvalue weighted by molar-refractivity contribution is 4.76. The van der Waals surface area contributed by atoms with Crippen molar-refractivity contribution in [3.8, 4) is 0 Å². The van der Waals surface area contributed by atoms with Gasteiger partial charge in [-0.3, -0.25) is 0 Å². The van der Waals surface area contributed by atoms with Crippen molar-refractivity contribution in [2.75, 3.05) is 20.1 Å². The normalized spacial score (nSPS) is 25.0. The minimum atomic E-state index is 0.644. The fourth-order valence-electron chi connectivity index (χ4n) is 1.60. The maximum atomic E-state index is 8.05. The van der Waals surface area contributed by atoms with E-state index in [2.05, 4.69) is 22.0 Å². The molecule has 0 bridgehead atoms. The van der Waals surface area contributed by atoms with E-state index < -0.39 is 0 Å². The molecule has 0 N–H and O–H groups in total. The largest absolute Gasteiger partial charge is 0.303 e.